The quantitative estimate of drug-likeness (QED) is 0.523. The highest BCUT2D eigenvalue weighted by atomic mass is 19.1. The SMILES string of the molecule is C=C/C=C(/NC(=O)CC(=O)NC)C(=C)F. The van der Waals surface area contributed by atoms with Crippen molar-refractivity contribution < 1.29 is 14.0 Å². The number of nitrogens with one attached hydrogen (secondary N) is 2. The Morgan fingerprint density at radius 3 is 2.40 bits per heavy atom. The van der Waals surface area contributed by atoms with Gasteiger partial charge in [0, 0.05) is 7.05 Å². The highest BCUT2D eigenvalue weighted by molar-refractivity contribution is 5.97. The zero-order valence-corrected chi connectivity index (χ0v) is 8.47. The van der Waals surface area contributed by atoms with Crippen molar-refractivity contribution in [2.24, 2.45) is 0 Å². The Morgan fingerprint density at radius 2 is 2.00 bits per heavy atom. The van der Waals surface area contributed by atoms with Crippen LogP contribution in [0.15, 0.2) is 36.8 Å². The molecule has 0 spiro atoms. The number of carbonyl (C=O) groups is 2. The molecule has 2 N–H and O–H groups in total. The maximum atomic E-state index is 12.7. The number of rotatable bonds is 5. The van der Waals surface area contributed by atoms with Crippen molar-refractivity contribution in [2.45, 2.75) is 6.42 Å². The zero-order valence-electron chi connectivity index (χ0n) is 8.47. The standard InChI is InChI=1S/C10H13FN2O2/c1-4-5-8(7(2)11)13-10(15)6-9(14)12-3/h4-5H,1-2,6H2,3H3,(H,12,14)(H,13,15)/b8-5+. The fraction of sp³-hybridized carbons (Fsp3) is 0.200. The molecule has 15 heavy (non-hydrogen) atoms. The molecule has 0 aromatic heterocycles. The van der Waals surface area contributed by atoms with Crippen LogP contribution < -0.4 is 10.6 Å². The molecule has 0 radical (unpaired) electrons. The predicted molar refractivity (Wildman–Crippen MR) is 55.4 cm³/mol. The Labute approximate surface area is 87.5 Å². The Bertz CT molecular complexity index is 321. The van der Waals surface area contributed by atoms with Crippen LogP contribution in [0.1, 0.15) is 6.42 Å². The van der Waals surface area contributed by atoms with E-state index in [1.54, 1.807) is 0 Å². The topological polar surface area (TPSA) is 58.2 Å². The van der Waals surface area contributed by atoms with E-state index in [0.717, 1.165) is 0 Å². The van der Waals surface area contributed by atoms with Gasteiger partial charge in [0.05, 0.1) is 5.70 Å². The van der Waals surface area contributed by atoms with Crippen LogP contribution in [0.25, 0.3) is 0 Å². The Morgan fingerprint density at radius 1 is 1.40 bits per heavy atom. The molecule has 0 aliphatic rings. The smallest absolute Gasteiger partial charge is 0.233 e. The minimum Gasteiger partial charge on any atom is -0.359 e. The molecule has 0 rings (SSSR count). The summed E-state index contributed by atoms with van der Waals surface area (Å²) in [7, 11) is 1.41. The van der Waals surface area contributed by atoms with E-state index in [9.17, 15) is 14.0 Å². The lowest BCUT2D eigenvalue weighted by molar-refractivity contribution is -0.128. The molecule has 0 saturated heterocycles. The van der Waals surface area contributed by atoms with Gasteiger partial charge in [-0.15, -0.1) is 0 Å². The van der Waals surface area contributed by atoms with Crippen LogP contribution in [0, 0.1) is 0 Å². The third-order valence-electron chi connectivity index (χ3n) is 1.45. The molecule has 0 fully saturated rings. The maximum Gasteiger partial charge on any atom is 0.233 e. The average Bonchev–Trinajstić information content (AvgIpc) is 2.16. The molecule has 0 aliphatic carbocycles. The lowest BCUT2D eigenvalue weighted by Crippen LogP contribution is -2.29. The summed E-state index contributed by atoms with van der Waals surface area (Å²) in [6, 6.07) is 0. The molecular formula is C10H13FN2O2. The summed E-state index contributed by atoms with van der Waals surface area (Å²) in [6.45, 7) is 6.38. The Hall–Kier alpha value is -1.91. The number of amides is 2. The van der Waals surface area contributed by atoms with E-state index < -0.39 is 17.6 Å². The van der Waals surface area contributed by atoms with Crippen molar-refractivity contribution in [1.29, 1.82) is 0 Å². The van der Waals surface area contributed by atoms with E-state index in [1.807, 2.05) is 0 Å². The number of halogens is 1. The van der Waals surface area contributed by atoms with Crippen LogP contribution in [0.3, 0.4) is 0 Å². The van der Waals surface area contributed by atoms with Gasteiger partial charge in [0.2, 0.25) is 11.8 Å². The Kier molecular flexibility index (Phi) is 5.70. The van der Waals surface area contributed by atoms with Gasteiger partial charge in [-0.3, -0.25) is 9.59 Å². The van der Waals surface area contributed by atoms with Crippen LogP contribution in [0.5, 0.6) is 0 Å². The van der Waals surface area contributed by atoms with Gasteiger partial charge in [-0.2, -0.15) is 0 Å². The van der Waals surface area contributed by atoms with Crippen LogP contribution >= 0.6 is 0 Å². The molecular weight excluding hydrogens is 199 g/mol. The summed E-state index contributed by atoms with van der Waals surface area (Å²) in [5.74, 6) is -1.85. The number of hydrogen-bond acceptors (Lipinski definition) is 2. The maximum absolute atomic E-state index is 12.7. The third-order valence-corrected chi connectivity index (χ3v) is 1.45. The minimum absolute atomic E-state index is 0.0982. The second-order valence-electron chi connectivity index (χ2n) is 2.62. The first-order chi connectivity index (χ1) is 7.01. The summed E-state index contributed by atoms with van der Waals surface area (Å²) in [5, 5.41) is 4.47. The summed E-state index contributed by atoms with van der Waals surface area (Å²) in [6.07, 6.45) is 2.20. The average molecular weight is 212 g/mol. The number of carbonyl (C=O) groups excluding carboxylic acids is 2. The van der Waals surface area contributed by atoms with Crippen molar-refractivity contribution in [1.82, 2.24) is 10.6 Å². The number of hydrogen-bond donors (Lipinski definition) is 2. The summed E-state index contributed by atoms with van der Waals surface area (Å²) in [5.41, 5.74) is -0.0982. The van der Waals surface area contributed by atoms with Gasteiger partial charge in [-0.25, -0.2) is 4.39 Å². The first-order valence-electron chi connectivity index (χ1n) is 4.19. The molecule has 0 bridgehead atoms. The first-order valence-corrected chi connectivity index (χ1v) is 4.19. The summed E-state index contributed by atoms with van der Waals surface area (Å²) < 4.78 is 12.7. The summed E-state index contributed by atoms with van der Waals surface area (Å²) >= 11 is 0. The minimum atomic E-state index is -0.792. The lowest BCUT2D eigenvalue weighted by atomic mass is 10.3. The number of allylic oxidation sites excluding steroid dienone is 3. The van der Waals surface area contributed by atoms with Crippen LogP contribution in [0.2, 0.25) is 0 Å². The molecule has 0 aliphatic heterocycles. The first kappa shape index (κ1) is 13.1. The van der Waals surface area contributed by atoms with Gasteiger partial charge in [-0.05, 0) is 6.08 Å². The Balaban J connectivity index is 4.37. The monoisotopic (exact) mass is 212 g/mol. The summed E-state index contributed by atoms with van der Waals surface area (Å²) in [4.78, 5) is 22.0. The second kappa shape index (κ2) is 6.53. The highest BCUT2D eigenvalue weighted by Gasteiger charge is 2.10. The molecule has 0 unspecified atom stereocenters. The van der Waals surface area contributed by atoms with Gasteiger partial charge < -0.3 is 10.6 Å². The van der Waals surface area contributed by atoms with Gasteiger partial charge in [0.1, 0.15) is 12.2 Å². The van der Waals surface area contributed by atoms with E-state index in [2.05, 4.69) is 23.8 Å². The molecule has 82 valence electrons. The van der Waals surface area contributed by atoms with Gasteiger partial charge in [0.15, 0.2) is 0 Å². The van der Waals surface area contributed by atoms with E-state index in [4.69, 9.17) is 0 Å². The van der Waals surface area contributed by atoms with Gasteiger partial charge in [-0.1, -0.05) is 19.2 Å². The van der Waals surface area contributed by atoms with Gasteiger partial charge in [0.25, 0.3) is 0 Å². The fourth-order valence-electron chi connectivity index (χ4n) is 0.746. The van der Waals surface area contributed by atoms with Crippen molar-refractivity contribution in [3.05, 3.63) is 36.8 Å². The van der Waals surface area contributed by atoms with Crippen molar-refractivity contribution in [2.75, 3.05) is 7.05 Å². The zero-order chi connectivity index (χ0) is 11.8. The molecule has 0 aromatic rings. The molecule has 5 heteroatoms. The van der Waals surface area contributed by atoms with Crippen molar-refractivity contribution in [3.8, 4) is 0 Å². The van der Waals surface area contributed by atoms with E-state index in [0.29, 0.717) is 0 Å². The van der Waals surface area contributed by atoms with Crippen LogP contribution in [-0.4, -0.2) is 18.9 Å². The molecule has 2 amide bonds. The predicted octanol–water partition coefficient (Wildman–Crippen LogP) is 0.792. The largest absolute Gasteiger partial charge is 0.359 e. The molecule has 0 saturated carbocycles. The molecule has 0 aromatic carbocycles. The van der Waals surface area contributed by atoms with E-state index >= 15 is 0 Å². The van der Waals surface area contributed by atoms with Gasteiger partial charge >= 0.3 is 0 Å². The van der Waals surface area contributed by atoms with Crippen molar-refractivity contribution in [3.63, 3.8) is 0 Å². The van der Waals surface area contributed by atoms with E-state index in [-0.39, 0.29) is 12.1 Å². The molecule has 4 nitrogen and oxygen atoms in total. The highest BCUT2D eigenvalue weighted by Crippen LogP contribution is 2.05. The van der Waals surface area contributed by atoms with Crippen molar-refractivity contribution >= 4 is 11.8 Å². The second-order valence-corrected chi connectivity index (χ2v) is 2.62. The van der Waals surface area contributed by atoms with Crippen LogP contribution in [0.4, 0.5) is 4.39 Å². The van der Waals surface area contributed by atoms with E-state index in [1.165, 1.54) is 19.2 Å². The van der Waals surface area contributed by atoms with Crippen LogP contribution in [-0.2, 0) is 9.59 Å². The molecule has 0 heterocycles. The third kappa shape index (κ3) is 5.41. The lowest BCUT2D eigenvalue weighted by Gasteiger charge is -2.05. The normalized spacial score (nSPS) is 10.4. The fourth-order valence-corrected chi connectivity index (χ4v) is 0.746. The molecule has 0 atom stereocenters.